The van der Waals surface area contributed by atoms with Crippen LogP contribution in [0.2, 0.25) is 0 Å². The molecule has 0 unspecified atom stereocenters. The molecule has 7 nitrogen and oxygen atoms in total. The normalized spacial score (nSPS) is 15.6. The first kappa shape index (κ1) is 23.2. The van der Waals surface area contributed by atoms with Crippen molar-refractivity contribution in [2.45, 2.75) is 44.2 Å². The monoisotopic (exact) mass is 450 g/mol. The molecule has 1 aliphatic heterocycles. The number of likely N-dealkylation sites (tertiary alicyclic amines) is 1. The maximum Gasteiger partial charge on any atom is 0.294 e. The van der Waals surface area contributed by atoms with Crippen LogP contribution in [-0.2, 0) is 16.7 Å². The van der Waals surface area contributed by atoms with Gasteiger partial charge in [0.2, 0.25) is 0 Å². The summed E-state index contributed by atoms with van der Waals surface area (Å²) in [5, 5.41) is 2.96. The average Bonchev–Trinajstić information content (AvgIpc) is 2.71. The van der Waals surface area contributed by atoms with Crippen LogP contribution in [0.5, 0.6) is 5.75 Å². The van der Waals surface area contributed by atoms with Crippen LogP contribution in [0.4, 0.5) is 4.39 Å². The highest BCUT2D eigenvalue weighted by atomic mass is 32.2. The Balaban J connectivity index is 1.57. The van der Waals surface area contributed by atoms with Gasteiger partial charge in [-0.25, -0.2) is 4.39 Å². The fourth-order valence-corrected chi connectivity index (χ4v) is 4.56. The second-order valence-corrected chi connectivity index (χ2v) is 9.02. The molecule has 0 aliphatic carbocycles. The molecule has 3 rings (SSSR count). The largest absolute Gasteiger partial charge is 0.491 e. The molecule has 0 atom stereocenters. The SMILES string of the molecule is CCOc1cc(CN2CCC(NC(=O)c3cccc(S(=O)(=O)O)c3C)CC2)ccc1F. The summed E-state index contributed by atoms with van der Waals surface area (Å²) in [6.07, 6.45) is 1.48. The number of benzene rings is 2. The van der Waals surface area contributed by atoms with Gasteiger partial charge in [0.1, 0.15) is 0 Å². The molecule has 0 aromatic heterocycles. The predicted molar refractivity (Wildman–Crippen MR) is 114 cm³/mol. The second kappa shape index (κ2) is 9.76. The van der Waals surface area contributed by atoms with E-state index in [1.807, 2.05) is 6.92 Å². The van der Waals surface area contributed by atoms with Crippen LogP contribution >= 0.6 is 0 Å². The molecule has 0 bridgehead atoms. The molecule has 0 saturated carbocycles. The van der Waals surface area contributed by atoms with Gasteiger partial charge in [-0.1, -0.05) is 12.1 Å². The number of hydrogen-bond donors (Lipinski definition) is 2. The first-order valence-electron chi connectivity index (χ1n) is 10.2. The van der Waals surface area contributed by atoms with Crippen molar-refractivity contribution in [1.82, 2.24) is 10.2 Å². The zero-order valence-corrected chi connectivity index (χ0v) is 18.4. The van der Waals surface area contributed by atoms with Gasteiger partial charge in [0.15, 0.2) is 11.6 Å². The summed E-state index contributed by atoms with van der Waals surface area (Å²) in [4.78, 5) is 14.6. The highest BCUT2D eigenvalue weighted by molar-refractivity contribution is 7.85. The van der Waals surface area contributed by atoms with E-state index in [0.717, 1.165) is 31.5 Å². The van der Waals surface area contributed by atoms with E-state index in [9.17, 15) is 22.2 Å². The minimum atomic E-state index is -4.39. The lowest BCUT2D eigenvalue weighted by molar-refractivity contribution is 0.0908. The zero-order chi connectivity index (χ0) is 22.6. The Morgan fingerprint density at radius 1 is 1.26 bits per heavy atom. The van der Waals surface area contributed by atoms with Crippen LogP contribution in [0.3, 0.4) is 0 Å². The van der Waals surface area contributed by atoms with Gasteiger partial charge in [0, 0.05) is 31.2 Å². The van der Waals surface area contributed by atoms with E-state index in [0.29, 0.717) is 13.2 Å². The maximum atomic E-state index is 13.7. The Labute approximate surface area is 182 Å². The molecular formula is C22H27FN2O5S. The number of carbonyl (C=O) groups is 1. The number of ether oxygens (including phenoxy) is 1. The fraction of sp³-hybridized carbons (Fsp3) is 0.409. The molecule has 2 N–H and O–H groups in total. The molecule has 1 fully saturated rings. The van der Waals surface area contributed by atoms with Crippen LogP contribution in [0, 0.1) is 12.7 Å². The third-order valence-corrected chi connectivity index (χ3v) is 6.43. The Morgan fingerprint density at radius 3 is 2.61 bits per heavy atom. The Hall–Kier alpha value is -2.49. The predicted octanol–water partition coefficient (Wildman–Crippen LogP) is 3.17. The number of carbonyl (C=O) groups excluding carboxylic acids is 1. The molecule has 2 aromatic rings. The van der Waals surface area contributed by atoms with Gasteiger partial charge < -0.3 is 10.1 Å². The molecule has 1 amide bonds. The highest BCUT2D eigenvalue weighted by Gasteiger charge is 2.24. The summed E-state index contributed by atoms with van der Waals surface area (Å²) < 4.78 is 51.3. The van der Waals surface area contributed by atoms with E-state index in [1.54, 1.807) is 18.2 Å². The van der Waals surface area contributed by atoms with Crippen LogP contribution < -0.4 is 10.1 Å². The van der Waals surface area contributed by atoms with Gasteiger partial charge in [0.25, 0.3) is 16.0 Å². The van der Waals surface area contributed by atoms with Crippen LogP contribution in [0.1, 0.15) is 41.3 Å². The van der Waals surface area contributed by atoms with E-state index in [1.165, 1.54) is 25.1 Å². The summed E-state index contributed by atoms with van der Waals surface area (Å²) in [7, 11) is -4.39. The first-order valence-corrected chi connectivity index (χ1v) is 11.6. The van der Waals surface area contributed by atoms with Gasteiger partial charge in [-0.05, 0) is 62.1 Å². The van der Waals surface area contributed by atoms with Crippen molar-refractivity contribution in [3.63, 3.8) is 0 Å². The average molecular weight is 451 g/mol. The topological polar surface area (TPSA) is 95.9 Å². The summed E-state index contributed by atoms with van der Waals surface area (Å²) in [6, 6.07) is 9.09. The van der Waals surface area contributed by atoms with Gasteiger partial charge in [-0.15, -0.1) is 0 Å². The van der Waals surface area contributed by atoms with Crippen molar-refractivity contribution in [2.24, 2.45) is 0 Å². The molecule has 31 heavy (non-hydrogen) atoms. The number of halogens is 1. The molecule has 9 heteroatoms. The Kier molecular flexibility index (Phi) is 7.30. The molecule has 168 valence electrons. The molecule has 1 saturated heterocycles. The third-order valence-electron chi connectivity index (χ3n) is 5.43. The molecule has 0 radical (unpaired) electrons. The smallest absolute Gasteiger partial charge is 0.294 e. The quantitative estimate of drug-likeness (QED) is 0.629. The molecule has 1 heterocycles. The third kappa shape index (κ3) is 5.81. The second-order valence-electron chi connectivity index (χ2n) is 7.63. The summed E-state index contributed by atoms with van der Waals surface area (Å²) in [5.74, 6) is -0.480. The highest BCUT2D eigenvalue weighted by Crippen LogP contribution is 2.22. The number of nitrogens with zero attached hydrogens (tertiary/aromatic N) is 1. The van der Waals surface area contributed by atoms with E-state index in [-0.39, 0.29) is 39.5 Å². The number of rotatable bonds is 7. The van der Waals surface area contributed by atoms with Crippen molar-refractivity contribution in [2.75, 3.05) is 19.7 Å². The van der Waals surface area contributed by atoms with E-state index < -0.39 is 10.1 Å². The molecule has 1 aliphatic rings. The maximum absolute atomic E-state index is 13.7. The Bertz CT molecular complexity index is 1050. The molecule has 2 aromatic carbocycles. The summed E-state index contributed by atoms with van der Waals surface area (Å²) in [6.45, 7) is 5.90. The summed E-state index contributed by atoms with van der Waals surface area (Å²) >= 11 is 0. The number of hydrogen-bond acceptors (Lipinski definition) is 5. The van der Waals surface area contributed by atoms with Crippen LogP contribution in [-0.4, -0.2) is 49.5 Å². The minimum Gasteiger partial charge on any atom is -0.491 e. The van der Waals surface area contributed by atoms with Crippen molar-refractivity contribution >= 4 is 16.0 Å². The fourth-order valence-electron chi connectivity index (χ4n) is 3.81. The van der Waals surface area contributed by atoms with E-state index in [4.69, 9.17) is 4.74 Å². The number of amides is 1. The van der Waals surface area contributed by atoms with Crippen LogP contribution in [0.15, 0.2) is 41.3 Å². The minimum absolute atomic E-state index is 0.0373. The lowest BCUT2D eigenvalue weighted by Gasteiger charge is -2.32. The standard InChI is InChI=1S/C22H27FN2O5S/c1-3-30-20-13-16(7-8-19(20)23)14-25-11-9-17(10-12-25)24-22(26)18-5-4-6-21(15(18)2)31(27,28)29/h4-8,13,17H,3,9-12,14H2,1-2H3,(H,24,26)(H,27,28,29). The van der Waals surface area contributed by atoms with Crippen LogP contribution in [0.25, 0.3) is 0 Å². The van der Waals surface area contributed by atoms with E-state index >= 15 is 0 Å². The van der Waals surface area contributed by atoms with Gasteiger partial charge >= 0.3 is 0 Å². The van der Waals surface area contributed by atoms with Crippen molar-refractivity contribution < 1.29 is 26.9 Å². The van der Waals surface area contributed by atoms with E-state index in [2.05, 4.69) is 10.2 Å². The summed E-state index contributed by atoms with van der Waals surface area (Å²) in [5.41, 5.74) is 1.42. The first-order chi connectivity index (χ1) is 14.7. The van der Waals surface area contributed by atoms with Crippen molar-refractivity contribution in [1.29, 1.82) is 0 Å². The van der Waals surface area contributed by atoms with Gasteiger partial charge in [-0.2, -0.15) is 8.42 Å². The van der Waals surface area contributed by atoms with Gasteiger partial charge in [0.05, 0.1) is 11.5 Å². The molecule has 0 spiro atoms. The molecular weight excluding hydrogens is 423 g/mol. The van der Waals surface area contributed by atoms with Crippen molar-refractivity contribution in [3.8, 4) is 5.75 Å². The number of nitrogens with one attached hydrogen (secondary N) is 1. The lowest BCUT2D eigenvalue weighted by atomic mass is 10.0. The van der Waals surface area contributed by atoms with Gasteiger partial charge in [-0.3, -0.25) is 14.2 Å². The van der Waals surface area contributed by atoms with Crippen molar-refractivity contribution in [3.05, 3.63) is 58.9 Å². The Morgan fingerprint density at radius 2 is 1.97 bits per heavy atom. The lowest BCUT2D eigenvalue weighted by Crippen LogP contribution is -2.44. The number of piperidine rings is 1. The zero-order valence-electron chi connectivity index (χ0n) is 17.6.